The highest BCUT2D eigenvalue weighted by Crippen LogP contribution is 2.38. The van der Waals surface area contributed by atoms with E-state index in [9.17, 15) is 30.4 Å². The number of pyridine rings is 1. The summed E-state index contributed by atoms with van der Waals surface area (Å²) in [6, 6.07) is 10.5. The quantitative estimate of drug-likeness (QED) is 0.222. The highest BCUT2D eigenvalue weighted by atomic mass is 32.2. The molecule has 4 aromatic rings. The first-order valence-corrected chi connectivity index (χ1v) is 15.3. The van der Waals surface area contributed by atoms with Gasteiger partial charge in [-0.1, -0.05) is 12.1 Å². The number of halogens is 5. The average Bonchev–Trinajstić information content (AvgIpc) is 2.95. The van der Waals surface area contributed by atoms with Crippen LogP contribution in [0.3, 0.4) is 0 Å². The molecule has 43 heavy (non-hydrogen) atoms. The molecule has 1 aliphatic heterocycles. The number of benzene rings is 2. The van der Waals surface area contributed by atoms with Crippen LogP contribution in [0, 0.1) is 12.7 Å². The van der Waals surface area contributed by atoms with Crippen molar-refractivity contribution >= 4 is 26.6 Å². The van der Waals surface area contributed by atoms with E-state index in [1.165, 1.54) is 18.3 Å². The molecule has 0 spiro atoms. The van der Waals surface area contributed by atoms with Gasteiger partial charge in [0, 0.05) is 48.9 Å². The lowest BCUT2D eigenvalue weighted by molar-refractivity contribution is -0.129. The van der Waals surface area contributed by atoms with Crippen LogP contribution in [0.25, 0.3) is 22.0 Å². The summed E-state index contributed by atoms with van der Waals surface area (Å²) in [5, 5.41) is 6.70. The fourth-order valence-electron chi connectivity index (χ4n) is 4.89. The maximum absolute atomic E-state index is 14.9. The van der Waals surface area contributed by atoms with E-state index in [1.807, 2.05) is 0 Å². The largest absolute Gasteiger partial charge is 0.437 e. The molecule has 0 saturated carbocycles. The maximum Gasteiger partial charge on any atom is 0.390 e. The molecule has 0 unspecified atom stereocenters. The van der Waals surface area contributed by atoms with Crippen LogP contribution in [-0.4, -0.2) is 60.6 Å². The Labute approximate surface area is 244 Å². The minimum atomic E-state index is -4.66. The molecular formula is C29H28F5N5O3S. The number of anilines is 1. The van der Waals surface area contributed by atoms with E-state index in [0.717, 1.165) is 6.07 Å². The first-order valence-electron chi connectivity index (χ1n) is 13.4. The molecule has 0 radical (unpaired) electrons. The lowest BCUT2D eigenvalue weighted by Gasteiger charge is -2.26. The summed E-state index contributed by atoms with van der Waals surface area (Å²) in [7, 11) is -4.28. The highest BCUT2D eigenvalue weighted by molar-refractivity contribution is 7.90. The third kappa shape index (κ3) is 7.54. The number of aromatic nitrogens is 3. The number of sulfone groups is 1. The summed E-state index contributed by atoms with van der Waals surface area (Å²) in [6.07, 6.45) is -3.80. The highest BCUT2D eigenvalue weighted by Gasteiger charge is 2.31. The number of alkyl halides is 4. The van der Waals surface area contributed by atoms with Crippen molar-refractivity contribution in [1.29, 1.82) is 0 Å². The van der Waals surface area contributed by atoms with Gasteiger partial charge in [0.25, 0.3) is 0 Å². The molecule has 2 aromatic carbocycles. The number of fused-ring (bicyclic) bond motifs is 1. The summed E-state index contributed by atoms with van der Waals surface area (Å²) in [5.74, 6) is -2.21. The van der Waals surface area contributed by atoms with Gasteiger partial charge in [-0.2, -0.15) is 13.2 Å². The number of aryl methyl sites for hydroxylation is 1. The number of nitrogens with one attached hydrogen (secondary N) is 2. The summed E-state index contributed by atoms with van der Waals surface area (Å²) in [6.45, 7) is 2.59. The second-order valence-electron chi connectivity index (χ2n) is 10.3. The number of rotatable bonds is 9. The van der Waals surface area contributed by atoms with Gasteiger partial charge in [-0.3, -0.25) is 0 Å². The molecule has 2 atom stereocenters. The SMILES string of the molecule is Cc1ccc2c(CS(=O)(=O)CCC(F)(F)F)c(F)ccc2c1Oc1ncccc1-c1ccnc(N[C@@H]2CNC[C@@H](F)C2)n1. The minimum absolute atomic E-state index is 0.148. The molecule has 14 heteroatoms. The van der Waals surface area contributed by atoms with Gasteiger partial charge < -0.3 is 15.4 Å². The van der Waals surface area contributed by atoms with Crippen molar-refractivity contribution in [2.75, 3.05) is 24.2 Å². The topological polar surface area (TPSA) is 106 Å². The third-order valence-corrected chi connectivity index (χ3v) is 8.55. The van der Waals surface area contributed by atoms with E-state index in [4.69, 9.17) is 4.74 Å². The van der Waals surface area contributed by atoms with Gasteiger partial charge in [-0.25, -0.2) is 32.2 Å². The van der Waals surface area contributed by atoms with E-state index in [-0.39, 0.29) is 28.6 Å². The molecule has 0 amide bonds. The second kappa shape index (κ2) is 12.4. The Morgan fingerprint density at radius 3 is 2.60 bits per heavy atom. The Bertz CT molecular complexity index is 1740. The molecular weight excluding hydrogens is 593 g/mol. The Balaban J connectivity index is 1.47. The van der Waals surface area contributed by atoms with Crippen molar-refractivity contribution in [1.82, 2.24) is 20.3 Å². The monoisotopic (exact) mass is 621 g/mol. The van der Waals surface area contributed by atoms with Crippen molar-refractivity contribution < 1.29 is 35.1 Å². The molecule has 228 valence electrons. The molecule has 3 heterocycles. The van der Waals surface area contributed by atoms with Gasteiger partial charge in [-0.05, 0) is 48.2 Å². The zero-order chi connectivity index (χ0) is 30.8. The van der Waals surface area contributed by atoms with Crippen LogP contribution < -0.4 is 15.4 Å². The van der Waals surface area contributed by atoms with Gasteiger partial charge >= 0.3 is 6.18 Å². The average molecular weight is 622 g/mol. The summed E-state index contributed by atoms with van der Waals surface area (Å²) < 4.78 is 98.0. The predicted molar refractivity (Wildman–Crippen MR) is 152 cm³/mol. The molecule has 1 aliphatic rings. The van der Waals surface area contributed by atoms with Crippen LogP contribution >= 0.6 is 0 Å². The Hall–Kier alpha value is -3.91. The molecule has 5 rings (SSSR count). The van der Waals surface area contributed by atoms with Gasteiger partial charge in [-0.15, -0.1) is 0 Å². The molecule has 2 N–H and O–H groups in total. The van der Waals surface area contributed by atoms with Crippen LogP contribution in [-0.2, 0) is 15.6 Å². The van der Waals surface area contributed by atoms with Crippen molar-refractivity contribution in [3.63, 3.8) is 0 Å². The Morgan fingerprint density at radius 2 is 1.84 bits per heavy atom. The summed E-state index contributed by atoms with van der Waals surface area (Å²) >= 11 is 0. The standard InChI is InChI=1S/C29H28F5N5O3S/c1-17-4-5-20-21(6-7-24(31)23(20)16-43(40,41)12-9-29(32,33)34)26(17)42-27-22(3-2-10-36-27)25-8-11-37-28(39-25)38-19-13-18(30)14-35-15-19/h2-8,10-11,18-19,35H,9,12-16H2,1H3,(H,37,38,39)/t18-,19-/m0/s1. The van der Waals surface area contributed by atoms with E-state index in [2.05, 4.69) is 25.6 Å². The maximum atomic E-state index is 14.9. The van der Waals surface area contributed by atoms with E-state index in [1.54, 1.807) is 37.4 Å². The van der Waals surface area contributed by atoms with E-state index in [0.29, 0.717) is 47.7 Å². The van der Waals surface area contributed by atoms with E-state index >= 15 is 0 Å². The first-order chi connectivity index (χ1) is 20.4. The fraction of sp³-hybridized carbons (Fsp3) is 0.345. The van der Waals surface area contributed by atoms with Gasteiger partial charge in [0.2, 0.25) is 11.8 Å². The van der Waals surface area contributed by atoms with Gasteiger partial charge in [0.15, 0.2) is 9.84 Å². The molecule has 8 nitrogen and oxygen atoms in total. The van der Waals surface area contributed by atoms with Crippen LogP contribution in [0.4, 0.5) is 27.9 Å². The fourth-order valence-corrected chi connectivity index (χ4v) is 6.31. The van der Waals surface area contributed by atoms with Crippen molar-refractivity contribution in [3.8, 4) is 22.9 Å². The van der Waals surface area contributed by atoms with E-state index < -0.39 is 45.9 Å². The predicted octanol–water partition coefficient (Wildman–Crippen LogP) is 5.91. The number of hydrogen-bond acceptors (Lipinski definition) is 8. The molecule has 1 fully saturated rings. The van der Waals surface area contributed by atoms with Crippen molar-refractivity contribution in [2.45, 2.75) is 43.9 Å². The zero-order valence-corrected chi connectivity index (χ0v) is 23.8. The second-order valence-corrected chi connectivity index (χ2v) is 12.5. The van der Waals surface area contributed by atoms with Gasteiger partial charge in [0.05, 0.1) is 29.2 Å². The first kappa shape index (κ1) is 30.5. The molecule has 0 aliphatic carbocycles. The van der Waals surface area contributed by atoms with Crippen molar-refractivity contribution in [2.24, 2.45) is 0 Å². The zero-order valence-electron chi connectivity index (χ0n) is 23.0. The minimum Gasteiger partial charge on any atom is -0.437 e. The van der Waals surface area contributed by atoms with Crippen LogP contribution in [0.2, 0.25) is 0 Å². The van der Waals surface area contributed by atoms with Crippen LogP contribution in [0.15, 0.2) is 54.9 Å². The number of piperidine rings is 1. The number of ether oxygens (including phenoxy) is 1. The smallest absolute Gasteiger partial charge is 0.390 e. The van der Waals surface area contributed by atoms with Crippen LogP contribution in [0.5, 0.6) is 11.6 Å². The molecule has 0 bridgehead atoms. The van der Waals surface area contributed by atoms with Crippen LogP contribution in [0.1, 0.15) is 24.0 Å². The number of hydrogen-bond donors (Lipinski definition) is 2. The van der Waals surface area contributed by atoms with Crippen molar-refractivity contribution in [3.05, 3.63) is 71.8 Å². The lowest BCUT2D eigenvalue weighted by atomic mass is 10.0. The Kier molecular flexibility index (Phi) is 8.79. The summed E-state index contributed by atoms with van der Waals surface area (Å²) in [4.78, 5) is 13.2. The molecule has 1 saturated heterocycles. The lowest BCUT2D eigenvalue weighted by Crippen LogP contribution is -2.44. The third-order valence-electron chi connectivity index (χ3n) is 6.99. The Morgan fingerprint density at radius 1 is 1.05 bits per heavy atom. The normalized spacial score (nSPS) is 17.6. The molecule has 2 aromatic heterocycles. The number of nitrogens with zero attached hydrogens (tertiary/aromatic N) is 3. The van der Waals surface area contributed by atoms with Gasteiger partial charge in [0.1, 0.15) is 17.7 Å². The summed E-state index contributed by atoms with van der Waals surface area (Å²) in [5.41, 5.74) is 1.33.